The number of hydrogen-bond acceptors (Lipinski definition) is 6. The summed E-state index contributed by atoms with van der Waals surface area (Å²) in [5.74, 6) is 2.39. The Balaban J connectivity index is 2.63. The zero-order valence-corrected chi connectivity index (χ0v) is 34.0. The van der Waals surface area contributed by atoms with Gasteiger partial charge in [-0.3, -0.25) is 0 Å². The Kier molecular flexibility index (Phi) is 13.2. The molecule has 0 bridgehead atoms. The van der Waals surface area contributed by atoms with Crippen molar-refractivity contribution in [2.45, 2.75) is 78.6 Å². The predicted molar refractivity (Wildman–Crippen MR) is 208 cm³/mol. The largest absolute Gasteiger partial charge is 0.507 e. The summed E-state index contributed by atoms with van der Waals surface area (Å²) in [5, 5.41) is 16.0. The van der Waals surface area contributed by atoms with Crippen LogP contribution in [0.25, 0.3) is 0 Å². The summed E-state index contributed by atoms with van der Waals surface area (Å²) in [7, 11) is 8.19. The molecule has 0 radical (unpaired) electrons. The lowest BCUT2D eigenvalue weighted by atomic mass is 9.86. The fourth-order valence-corrected chi connectivity index (χ4v) is 8.68. The van der Waals surface area contributed by atoms with Crippen LogP contribution in [-0.2, 0) is 16.2 Å². The van der Waals surface area contributed by atoms with Crippen LogP contribution >= 0.6 is 31.1 Å². The second kappa shape index (κ2) is 15.8. The van der Waals surface area contributed by atoms with Gasteiger partial charge < -0.3 is 29.1 Å². The molecule has 3 rings (SSSR count). The molecule has 1 N–H and O–H groups in total. The van der Waals surface area contributed by atoms with E-state index in [0.717, 1.165) is 51.9 Å². The predicted octanol–water partition coefficient (Wildman–Crippen LogP) is 8.24. The van der Waals surface area contributed by atoms with Gasteiger partial charge in [-0.25, -0.2) is 0 Å². The number of ether oxygens (including phenoxy) is 3. The molecule has 266 valence electrons. The molecule has 0 saturated heterocycles. The van der Waals surface area contributed by atoms with Crippen molar-refractivity contribution < 1.29 is 19.3 Å². The van der Waals surface area contributed by atoms with Gasteiger partial charge in [-0.05, 0) is 88.8 Å². The van der Waals surface area contributed by atoms with Crippen LogP contribution in [0.4, 0.5) is 0 Å². The Morgan fingerprint density at radius 2 is 1.00 bits per heavy atom. The maximum atomic E-state index is 12.3. The molecule has 0 aromatic heterocycles. The number of benzene rings is 3. The van der Waals surface area contributed by atoms with Crippen molar-refractivity contribution in [3.63, 3.8) is 0 Å². The van der Waals surface area contributed by atoms with Gasteiger partial charge in [0, 0.05) is 55.7 Å². The molecule has 0 heterocycles. The van der Waals surface area contributed by atoms with Crippen LogP contribution in [0, 0.1) is 0 Å². The highest BCUT2D eigenvalue weighted by Crippen LogP contribution is 2.50. The van der Waals surface area contributed by atoms with Crippen molar-refractivity contribution in [3.05, 3.63) is 63.1 Å². The van der Waals surface area contributed by atoms with E-state index in [1.165, 1.54) is 0 Å². The van der Waals surface area contributed by atoms with E-state index in [9.17, 15) is 5.11 Å². The van der Waals surface area contributed by atoms with Gasteiger partial charge in [-0.2, -0.15) is 0 Å². The average molecular weight is 720 g/mol. The number of phenols is 1. The van der Waals surface area contributed by atoms with Crippen molar-refractivity contribution in [2.24, 2.45) is 0 Å². The summed E-state index contributed by atoms with van der Waals surface area (Å²) < 4.78 is 19.5. The highest BCUT2D eigenvalue weighted by molar-refractivity contribution is 7.80. The number of aromatic hydroxyl groups is 1. The van der Waals surface area contributed by atoms with Gasteiger partial charge in [-0.15, -0.1) is 0 Å². The highest BCUT2D eigenvalue weighted by atomic mass is 35.5. The van der Waals surface area contributed by atoms with Crippen LogP contribution < -0.4 is 30.1 Å². The smallest absolute Gasteiger partial charge is 0.131 e. The third kappa shape index (κ3) is 9.94. The quantitative estimate of drug-likeness (QED) is 0.191. The van der Waals surface area contributed by atoms with Crippen LogP contribution in [0.3, 0.4) is 0 Å². The molecule has 9 heteroatoms. The van der Waals surface area contributed by atoms with Gasteiger partial charge in [0.2, 0.25) is 0 Å². The summed E-state index contributed by atoms with van der Waals surface area (Å²) >= 11 is 14.0. The molecule has 48 heavy (non-hydrogen) atoms. The number of rotatable bonds is 12. The van der Waals surface area contributed by atoms with Crippen LogP contribution in [0.5, 0.6) is 23.0 Å². The molecule has 0 aliphatic rings. The average Bonchev–Trinajstić information content (AvgIpc) is 2.93. The molecule has 0 spiro atoms. The molecule has 6 nitrogen and oxygen atoms in total. The molecule has 0 atom stereocenters. The van der Waals surface area contributed by atoms with Crippen molar-refractivity contribution in [1.29, 1.82) is 0 Å². The van der Waals surface area contributed by atoms with E-state index >= 15 is 0 Å². The van der Waals surface area contributed by atoms with Gasteiger partial charge in [0.25, 0.3) is 0 Å². The lowest BCUT2D eigenvalue weighted by molar-refractivity contribution is 0.258. The molecule has 0 amide bonds. The zero-order chi connectivity index (χ0) is 36.4. The molecular weight excluding hydrogens is 662 g/mol. The molecule has 0 fully saturated rings. The summed E-state index contributed by atoms with van der Waals surface area (Å²) in [5.41, 5.74) is 1.80. The third-order valence-corrected chi connectivity index (χ3v) is 11.0. The SMILES string of the molecule is COc1cc(P(c2cc(Cl)cc(C(C)(C)C)c2OCCN(C)C)c2cc(Cl)cc(C(C)(C)C)c2OCCN(C)C)c(O)c(C(C)(C)C)c1. The second-order valence-corrected chi connectivity index (χ2v) is 19.0. The van der Waals surface area contributed by atoms with Gasteiger partial charge in [0.05, 0.1) is 7.11 Å². The summed E-state index contributed by atoms with van der Waals surface area (Å²) in [6.45, 7) is 21.7. The lowest BCUT2D eigenvalue weighted by Crippen LogP contribution is -2.31. The Morgan fingerprint density at radius 3 is 1.33 bits per heavy atom. The minimum Gasteiger partial charge on any atom is -0.507 e. The lowest BCUT2D eigenvalue weighted by Gasteiger charge is -2.33. The van der Waals surface area contributed by atoms with Gasteiger partial charge >= 0.3 is 0 Å². The summed E-state index contributed by atoms with van der Waals surface area (Å²) in [4.78, 5) is 4.20. The molecule has 3 aromatic rings. The number of likely N-dealkylation sites (N-methyl/N-ethyl adjacent to an activating group) is 2. The van der Waals surface area contributed by atoms with E-state index in [1.54, 1.807) is 7.11 Å². The monoisotopic (exact) mass is 718 g/mol. The Labute approximate surface area is 301 Å². The fourth-order valence-electron chi connectivity index (χ4n) is 5.41. The van der Waals surface area contributed by atoms with E-state index in [0.29, 0.717) is 34.3 Å². The number of nitrogens with zero attached hydrogens (tertiary/aromatic N) is 2. The molecule has 0 aliphatic heterocycles. The van der Waals surface area contributed by atoms with E-state index in [2.05, 4.69) is 72.1 Å². The third-order valence-electron chi connectivity index (χ3n) is 8.08. The highest BCUT2D eigenvalue weighted by Gasteiger charge is 2.35. The standard InChI is InChI=1S/C39H57Cl2N2O4P/c1-37(2,3)28-23-27(45-14)24-31(34(28)44)48(32-21-25(40)19-29(38(4,5)6)35(32)46-17-15-42(10)11)33-22-26(41)20-30(39(7,8)9)36(33)47-18-16-43(12)13/h19-24,44H,15-18H2,1-14H3. The number of halogens is 2. The van der Waals surface area contributed by atoms with E-state index < -0.39 is 7.92 Å². The number of phenolic OH excluding ortho intramolecular Hbond substituents is 1. The van der Waals surface area contributed by atoms with Crippen molar-refractivity contribution in [2.75, 3.05) is 61.6 Å². The van der Waals surface area contributed by atoms with Crippen LogP contribution in [0.15, 0.2) is 36.4 Å². The van der Waals surface area contributed by atoms with Crippen molar-refractivity contribution in [3.8, 4) is 23.0 Å². The summed E-state index contributed by atoms with van der Waals surface area (Å²) in [6, 6.07) is 11.9. The number of hydrogen-bond donors (Lipinski definition) is 1. The zero-order valence-electron chi connectivity index (χ0n) is 31.6. The molecule has 0 aliphatic carbocycles. The number of methoxy groups -OCH3 is 1. The van der Waals surface area contributed by atoms with E-state index in [1.807, 2.05) is 64.6 Å². The first-order valence-electron chi connectivity index (χ1n) is 16.5. The van der Waals surface area contributed by atoms with Crippen LogP contribution in [-0.4, -0.2) is 76.5 Å². The maximum absolute atomic E-state index is 12.3. The van der Waals surface area contributed by atoms with E-state index in [-0.39, 0.29) is 22.0 Å². The Hall–Kier alpha value is -2.21. The van der Waals surface area contributed by atoms with Gasteiger partial charge in [0.1, 0.15) is 36.2 Å². The van der Waals surface area contributed by atoms with Crippen LogP contribution in [0.2, 0.25) is 10.0 Å². The van der Waals surface area contributed by atoms with Crippen LogP contribution in [0.1, 0.15) is 79.0 Å². The Morgan fingerprint density at radius 1 is 0.604 bits per heavy atom. The minimum absolute atomic E-state index is 0.211. The second-order valence-electron chi connectivity index (χ2n) is 16.0. The summed E-state index contributed by atoms with van der Waals surface area (Å²) in [6.07, 6.45) is 0. The topological polar surface area (TPSA) is 54.4 Å². The van der Waals surface area contributed by atoms with Crippen molar-refractivity contribution >= 4 is 47.0 Å². The maximum Gasteiger partial charge on any atom is 0.131 e. The first kappa shape index (κ1) is 40.2. The molecule has 3 aromatic carbocycles. The van der Waals surface area contributed by atoms with E-state index in [4.69, 9.17) is 37.4 Å². The first-order chi connectivity index (χ1) is 22.1. The molecule has 0 unspecified atom stereocenters. The van der Waals surface area contributed by atoms with Crippen molar-refractivity contribution in [1.82, 2.24) is 9.80 Å². The van der Waals surface area contributed by atoms with Gasteiger partial charge in [0.15, 0.2) is 0 Å². The van der Waals surface area contributed by atoms with Gasteiger partial charge in [-0.1, -0.05) is 85.5 Å². The molecule has 0 saturated carbocycles. The normalized spacial score (nSPS) is 12.7. The molecular formula is C39H57Cl2N2O4P. The minimum atomic E-state index is -1.59. The Bertz CT molecular complexity index is 1490. The first-order valence-corrected chi connectivity index (χ1v) is 18.6. The fraction of sp³-hybridized carbons (Fsp3) is 0.538.